The summed E-state index contributed by atoms with van der Waals surface area (Å²) < 4.78 is 71.4. The third-order valence-electron chi connectivity index (χ3n) is 16.8. The van der Waals surface area contributed by atoms with Crippen molar-refractivity contribution in [3.8, 4) is 5.40 Å². The lowest BCUT2D eigenvalue weighted by Crippen LogP contribution is -2.58. The number of halogens is 4. The summed E-state index contributed by atoms with van der Waals surface area (Å²) in [6, 6.07) is 11.1. The number of thioether (sulfide) groups is 1. The fourth-order valence-corrected chi connectivity index (χ4v) is 14.7. The number of amides is 1. The molecule has 12 nitrogen and oxygen atoms in total. The Kier molecular flexibility index (Phi) is 17.1. The number of carbonyl (C=O) groups is 2. The summed E-state index contributed by atoms with van der Waals surface area (Å²) in [5, 5.41) is 15.6. The predicted molar refractivity (Wildman–Crippen MR) is 270 cm³/mol. The highest BCUT2D eigenvalue weighted by molar-refractivity contribution is 8.05. The van der Waals surface area contributed by atoms with Crippen LogP contribution in [0.1, 0.15) is 120 Å². The molecule has 4 saturated carbocycles. The first-order chi connectivity index (χ1) is 34.3. The van der Waals surface area contributed by atoms with Crippen LogP contribution in [0.15, 0.2) is 36.4 Å². The zero-order valence-corrected chi connectivity index (χ0v) is 43.6. The third kappa shape index (κ3) is 10.4. The van der Waals surface area contributed by atoms with Gasteiger partial charge in [-0.15, -0.1) is 0 Å². The number of nitrogens with one attached hydrogen (secondary N) is 1. The molecule has 3 N–H and O–H groups in total. The number of hydrogen-bond donors (Lipinski definition) is 2. The summed E-state index contributed by atoms with van der Waals surface area (Å²) >= 11 is 6.61. The number of methoxy groups -OCH3 is 2. The van der Waals surface area contributed by atoms with Crippen molar-refractivity contribution >= 4 is 52.3 Å². The molecule has 3 spiro atoms. The lowest BCUT2D eigenvalue weighted by molar-refractivity contribution is -0.152. The van der Waals surface area contributed by atoms with Crippen molar-refractivity contribution < 1.29 is 46.1 Å². The number of nitrogens with zero attached hydrogens (tertiary/aromatic N) is 4. The molecule has 2 aromatic rings. The Morgan fingerprint density at radius 1 is 0.875 bits per heavy atom. The Labute approximate surface area is 431 Å². The number of thiocyanates is 1. The molecule has 0 unspecified atom stereocenters. The number of rotatable bonds is 8. The van der Waals surface area contributed by atoms with E-state index in [0.29, 0.717) is 23.0 Å². The van der Waals surface area contributed by atoms with Crippen LogP contribution >= 0.6 is 24.0 Å². The van der Waals surface area contributed by atoms with E-state index in [9.17, 15) is 32.4 Å². The molecule has 6 fully saturated rings. The molecule has 0 radical (unpaired) electrons. The molecule has 72 heavy (non-hydrogen) atoms. The summed E-state index contributed by atoms with van der Waals surface area (Å²) in [7, 11) is 3.46. The van der Waals surface area contributed by atoms with Crippen molar-refractivity contribution in [2.75, 3.05) is 47.1 Å². The van der Waals surface area contributed by atoms with E-state index in [1.807, 2.05) is 18.2 Å². The minimum Gasteiger partial charge on any atom is -0.465 e. The molecule has 18 heteroatoms. The summed E-state index contributed by atoms with van der Waals surface area (Å²) in [6.45, 7) is 23.8. The lowest BCUT2D eigenvalue weighted by atomic mass is 9.59. The van der Waals surface area contributed by atoms with Crippen LogP contribution in [0.25, 0.3) is 9.69 Å². The van der Waals surface area contributed by atoms with Crippen LogP contribution < -0.4 is 11.1 Å². The highest BCUT2D eigenvalue weighted by Gasteiger charge is 2.69. The van der Waals surface area contributed by atoms with Crippen LogP contribution in [0.3, 0.4) is 0 Å². The molecule has 6 aliphatic carbocycles. The van der Waals surface area contributed by atoms with Gasteiger partial charge in [0.2, 0.25) is 11.8 Å². The highest BCUT2D eigenvalue weighted by Crippen LogP contribution is 2.66. The number of alkyl halides is 4. The van der Waals surface area contributed by atoms with Gasteiger partial charge in [0.1, 0.15) is 10.9 Å². The van der Waals surface area contributed by atoms with Crippen molar-refractivity contribution in [1.29, 1.82) is 5.26 Å². The van der Waals surface area contributed by atoms with Gasteiger partial charge in [0, 0.05) is 70.5 Å². The zero-order valence-electron chi connectivity index (χ0n) is 42.0. The molecular formula is C54H68F4N6O6S2. The van der Waals surface area contributed by atoms with E-state index < -0.39 is 33.0 Å². The second-order valence-corrected chi connectivity index (χ2v) is 22.7. The smallest absolute Gasteiger partial charge is 0.328 e. The Hall–Kier alpha value is -4.35. The zero-order chi connectivity index (χ0) is 52.3. The fourth-order valence-electron chi connectivity index (χ4n) is 13.3. The maximum absolute atomic E-state index is 14.2. The molecule has 0 aromatic heterocycles. The van der Waals surface area contributed by atoms with Gasteiger partial charge < -0.3 is 30.0 Å². The quantitative estimate of drug-likeness (QED) is 0.0857. The molecule has 390 valence electrons. The molecule has 2 aliphatic heterocycles. The maximum Gasteiger partial charge on any atom is 0.328 e. The first-order valence-electron chi connectivity index (χ1n) is 25.3. The van der Waals surface area contributed by atoms with Crippen LogP contribution in [-0.2, 0) is 51.7 Å². The first kappa shape index (κ1) is 55.4. The number of thiocarbonyl (C=S) groups is 1. The van der Waals surface area contributed by atoms with E-state index in [4.69, 9.17) is 50.0 Å². The van der Waals surface area contributed by atoms with E-state index in [1.54, 1.807) is 39.3 Å². The number of nitriles is 1. The minimum atomic E-state index is -2.64. The van der Waals surface area contributed by atoms with Crippen LogP contribution in [0.4, 0.5) is 28.9 Å². The van der Waals surface area contributed by atoms with Gasteiger partial charge in [-0.1, -0.05) is 50.2 Å². The molecule has 0 bridgehead atoms. The number of nitrogens with two attached hydrogens (primary N) is 1. The molecule has 8 aliphatic rings. The van der Waals surface area contributed by atoms with Gasteiger partial charge in [0.05, 0.1) is 32.0 Å². The summed E-state index contributed by atoms with van der Waals surface area (Å²) in [4.78, 5) is 36.1. The molecule has 2 heterocycles. The normalized spacial score (nSPS) is 32.5. The molecular weight excluding hydrogens is 969 g/mol. The summed E-state index contributed by atoms with van der Waals surface area (Å²) in [5.74, 6) is -5.18. The van der Waals surface area contributed by atoms with Crippen LogP contribution in [0.2, 0.25) is 0 Å². The molecule has 1 amide bonds. The van der Waals surface area contributed by atoms with Gasteiger partial charge in [0.25, 0.3) is 5.91 Å². The first-order valence-corrected chi connectivity index (χ1v) is 26.5. The molecule has 2 saturated heterocycles. The SMILES string of the molecule is C1CCOC1.NCC1CC(F)(F)C1.[C-]#[N+]c1ccc2c(c1)[C@@](SC#N)(C(=O)OCC)[C@]1(CC[C@H](OC)[C@@H](C)C1)C2.[C-]#[N+]c1ccc2c(c1)[C@]1(NC(=S)N(CC3CC(F)(F)C3)C1=O)[C@]1(CC[C@H](OC)[C@@H](C)C1)C2. The van der Waals surface area contributed by atoms with Gasteiger partial charge in [-0.05, 0) is 148 Å². The van der Waals surface area contributed by atoms with Crippen LogP contribution in [0.5, 0.6) is 0 Å². The number of hydrogen-bond acceptors (Lipinski definition) is 10. The summed E-state index contributed by atoms with van der Waals surface area (Å²) in [6.07, 6.45) is 8.69. The maximum atomic E-state index is 14.2. The van der Waals surface area contributed by atoms with Gasteiger partial charge in [0.15, 0.2) is 21.2 Å². The number of esters is 1. The largest absolute Gasteiger partial charge is 0.465 e. The standard InChI is InChI=1S/C24H27F2N3O2S.C21H24N2O3S.C5H9F2N.C4H8O/c1-14-9-22(7-6-19(14)31-3)12-16-4-5-17(27-2)8-18(16)24(22)20(30)29(21(32)28-24)13-15-10-23(25,26)11-15;1-5-26-19(24)21(27-13-22)17-10-16(23-3)7-6-15(17)12-20(21)9-8-18(25-4)14(2)11-20;6-5(7)1-4(2-5)3-8;1-2-4-5-3-1/h4-5,8,14-15,19H,6-7,9-13H2,1,3H3,(H,28,32);6-7,10,14,18H,5,8-9,11-12H2,1-2,4H3;4H,1-3,8H2;1-4H2/t14-,19-,22-,24+;14-,18-,20-,21+;;/m00../s1. The topological polar surface area (TPSA) is 145 Å². The van der Waals surface area contributed by atoms with Crippen LogP contribution in [0, 0.1) is 58.3 Å². The number of carbonyl (C=O) groups excluding carboxylic acids is 2. The number of fused-ring (bicyclic) bond motifs is 4. The van der Waals surface area contributed by atoms with E-state index in [0.717, 1.165) is 98.6 Å². The Balaban J connectivity index is 0.000000170. The second kappa shape index (κ2) is 22.2. The lowest BCUT2D eigenvalue weighted by Gasteiger charge is -2.49. The van der Waals surface area contributed by atoms with E-state index in [1.165, 1.54) is 17.7 Å². The highest BCUT2D eigenvalue weighted by atomic mass is 32.2. The Morgan fingerprint density at radius 2 is 1.39 bits per heavy atom. The van der Waals surface area contributed by atoms with Gasteiger partial charge >= 0.3 is 5.97 Å². The van der Waals surface area contributed by atoms with E-state index in [-0.39, 0.29) is 86.6 Å². The molecule has 8 atom stereocenters. The Morgan fingerprint density at radius 3 is 1.85 bits per heavy atom. The van der Waals surface area contributed by atoms with Crippen molar-refractivity contribution in [3.05, 3.63) is 81.5 Å². The number of ether oxygens (including phenoxy) is 4. The molecule has 10 rings (SSSR count). The summed E-state index contributed by atoms with van der Waals surface area (Å²) in [5.41, 5.74) is 7.93. The fraction of sp³-hybridized carbons (Fsp3) is 0.667. The van der Waals surface area contributed by atoms with Crippen molar-refractivity contribution in [1.82, 2.24) is 10.2 Å². The Bertz CT molecular complexity index is 2460. The van der Waals surface area contributed by atoms with Crippen molar-refractivity contribution in [2.45, 2.75) is 145 Å². The monoisotopic (exact) mass is 1040 g/mol. The predicted octanol–water partition coefficient (Wildman–Crippen LogP) is 10.9. The van der Waals surface area contributed by atoms with Gasteiger partial charge in [-0.25, -0.2) is 27.3 Å². The molecule has 2 aromatic carbocycles. The minimum absolute atomic E-state index is 0.00347. The van der Waals surface area contributed by atoms with Gasteiger partial charge in [-0.2, -0.15) is 5.26 Å². The van der Waals surface area contributed by atoms with Crippen LogP contribution in [-0.4, -0.2) is 93.1 Å². The number of benzene rings is 2. The van der Waals surface area contributed by atoms with Gasteiger partial charge in [-0.3, -0.25) is 14.5 Å². The van der Waals surface area contributed by atoms with Crippen molar-refractivity contribution in [2.24, 2.45) is 40.2 Å². The third-order valence-corrected chi connectivity index (χ3v) is 18.3. The van der Waals surface area contributed by atoms with E-state index >= 15 is 0 Å². The average molecular weight is 1040 g/mol. The average Bonchev–Trinajstić information content (AvgIpc) is 4.11. The van der Waals surface area contributed by atoms with E-state index in [2.05, 4.69) is 34.3 Å². The van der Waals surface area contributed by atoms with Crippen molar-refractivity contribution in [3.63, 3.8) is 0 Å². The second-order valence-electron chi connectivity index (χ2n) is 21.3.